The van der Waals surface area contributed by atoms with Gasteiger partial charge in [0, 0.05) is 5.41 Å². The van der Waals surface area contributed by atoms with Crippen LogP contribution in [0.5, 0.6) is 17.2 Å². The van der Waals surface area contributed by atoms with Crippen molar-refractivity contribution in [2.24, 2.45) is 16.1 Å². The molecule has 2 N–H and O–H groups in total. The third-order valence-electron chi connectivity index (χ3n) is 3.41. The molecule has 0 unspecified atom stereocenters. The maximum Gasteiger partial charge on any atom is 0.363 e. The quantitative estimate of drug-likeness (QED) is 0.611. The maximum atomic E-state index is 12.0. The molecule has 140 valence electrons. The van der Waals surface area contributed by atoms with E-state index in [0.29, 0.717) is 23.0 Å². The number of nitrogens with two attached hydrogens (primary N) is 1. The Morgan fingerprint density at radius 1 is 1.23 bits per heavy atom. The Balaban J connectivity index is 2.43. The molecule has 0 atom stereocenters. The number of amides is 1. The van der Waals surface area contributed by atoms with Crippen LogP contribution in [-0.2, 0) is 14.3 Å². The first kappa shape index (κ1) is 19.3. The van der Waals surface area contributed by atoms with Crippen molar-refractivity contribution in [2.75, 3.05) is 20.8 Å². The highest BCUT2D eigenvalue weighted by molar-refractivity contribution is 6.08. The van der Waals surface area contributed by atoms with Crippen molar-refractivity contribution in [2.45, 2.75) is 20.8 Å². The van der Waals surface area contributed by atoms with Crippen molar-refractivity contribution >= 4 is 23.9 Å². The molecule has 1 amide bonds. The Labute approximate surface area is 151 Å². The van der Waals surface area contributed by atoms with Gasteiger partial charge in [0.05, 0.1) is 14.2 Å². The van der Waals surface area contributed by atoms with Gasteiger partial charge in [-0.25, -0.2) is 9.79 Å². The number of primary amides is 1. The highest BCUT2D eigenvalue weighted by atomic mass is 16.6. The zero-order chi connectivity index (χ0) is 19.5. The number of esters is 1. The number of hydrogen-bond acceptors (Lipinski definition) is 7. The zero-order valence-corrected chi connectivity index (χ0v) is 15.4. The summed E-state index contributed by atoms with van der Waals surface area (Å²) in [4.78, 5) is 27.3. The average Bonchev–Trinajstić information content (AvgIpc) is 2.93. The predicted molar refractivity (Wildman–Crippen MR) is 95.2 cm³/mol. The van der Waals surface area contributed by atoms with Gasteiger partial charge in [0.1, 0.15) is 0 Å². The molecular formula is C18H22N2O6. The molecule has 0 radical (unpaired) electrons. The van der Waals surface area contributed by atoms with Crippen molar-refractivity contribution in [3.05, 3.63) is 23.4 Å². The van der Waals surface area contributed by atoms with Gasteiger partial charge in [-0.3, -0.25) is 4.79 Å². The van der Waals surface area contributed by atoms with E-state index >= 15 is 0 Å². The maximum absolute atomic E-state index is 12.0. The molecule has 1 heterocycles. The standard InChI is InChI=1S/C18H22N2O6/c1-18(2,3)17-20-11(16(22)26-17)6-10-7-12(23-4)15(13(8-10)24-5)25-9-14(19)21/h6-8H,9H2,1-5H3,(H2,19,21)/b11-6-. The number of carbonyl (C=O) groups excluding carboxylic acids is 2. The van der Waals surface area contributed by atoms with Gasteiger partial charge in [-0.15, -0.1) is 0 Å². The van der Waals surface area contributed by atoms with Crippen molar-refractivity contribution in [1.29, 1.82) is 0 Å². The molecule has 0 saturated heterocycles. The summed E-state index contributed by atoms with van der Waals surface area (Å²) in [5.74, 6) is 0.0885. The highest BCUT2D eigenvalue weighted by Gasteiger charge is 2.31. The van der Waals surface area contributed by atoms with E-state index in [1.807, 2.05) is 20.8 Å². The summed E-state index contributed by atoms with van der Waals surface area (Å²) in [6.07, 6.45) is 1.56. The summed E-state index contributed by atoms with van der Waals surface area (Å²) >= 11 is 0. The first-order valence-corrected chi connectivity index (χ1v) is 7.86. The highest BCUT2D eigenvalue weighted by Crippen LogP contribution is 2.39. The molecule has 1 aliphatic heterocycles. The molecule has 8 nitrogen and oxygen atoms in total. The van der Waals surface area contributed by atoms with Gasteiger partial charge in [-0.1, -0.05) is 20.8 Å². The number of cyclic esters (lactones) is 1. The first-order chi connectivity index (χ1) is 12.2. The Morgan fingerprint density at radius 2 is 1.81 bits per heavy atom. The van der Waals surface area contributed by atoms with Gasteiger partial charge in [0.25, 0.3) is 5.91 Å². The molecule has 0 aromatic heterocycles. The van der Waals surface area contributed by atoms with E-state index in [0.717, 1.165) is 0 Å². The second kappa shape index (κ2) is 7.47. The number of hydrogen-bond donors (Lipinski definition) is 1. The fourth-order valence-electron chi connectivity index (χ4n) is 2.16. The molecular weight excluding hydrogens is 340 g/mol. The van der Waals surface area contributed by atoms with Crippen LogP contribution in [0.3, 0.4) is 0 Å². The number of benzene rings is 1. The van der Waals surface area contributed by atoms with E-state index in [4.69, 9.17) is 24.7 Å². The van der Waals surface area contributed by atoms with Crippen molar-refractivity contribution in [3.63, 3.8) is 0 Å². The predicted octanol–water partition coefficient (Wildman–Crippen LogP) is 1.91. The number of carbonyl (C=O) groups is 2. The molecule has 8 heteroatoms. The third kappa shape index (κ3) is 4.33. The van der Waals surface area contributed by atoms with E-state index in [1.54, 1.807) is 18.2 Å². The minimum absolute atomic E-state index is 0.171. The number of aliphatic imine (C=N–C) groups is 1. The van der Waals surface area contributed by atoms with Gasteiger partial charge >= 0.3 is 5.97 Å². The van der Waals surface area contributed by atoms with Gasteiger partial charge in [0.2, 0.25) is 11.6 Å². The van der Waals surface area contributed by atoms with Crippen LogP contribution in [0.25, 0.3) is 6.08 Å². The van der Waals surface area contributed by atoms with E-state index < -0.39 is 11.9 Å². The fraction of sp³-hybridized carbons (Fsp3) is 0.389. The van der Waals surface area contributed by atoms with Crippen LogP contribution in [0.15, 0.2) is 22.8 Å². The average molecular weight is 362 g/mol. The summed E-state index contributed by atoms with van der Waals surface area (Å²) in [6, 6.07) is 3.26. The Bertz CT molecular complexity index is 764. The van der Waals surface area contributed by atoms with Crippen LogP contribution < -0.4 is 19.9 Å². The minimum atomic E-state index is -0.627. The smallest absolute Gasteiger partial charge is 0.363 e. The largest absolute Gasteiger partial charge is 0.493 e. The molecule has 0 spiro atoms. The summed E-state index contributed by atoms with van der Waals surface area (Å²) in [6.45, 7) is 5.38. The molecule has 0 aliphatic carbocycles. The zero-order valence-electron chi connectivity index (χ0n) is 15.4. The van der Waals surface area contributed by atoms with Gasteiger partial charge < -0.3 is 24.7 Å². The van der Waals surface area contributed by atoms with Crippen molar-refractivity contribution < 1.29 is 28.5 Å². The molecule has 0 saturated carbocycles. The summed E-state index contributed by atoms with van der Waals surface area (Å²) in [5.41, 5.74) is 5.49. The molecule has 1 aromatic rings. The number of rotatable bonds is 6. The topological polar surface area (TPSA) is 109 Å². The molecule has 1 aliphatic rings. The molecule has 1 aromatic carbocycles. The van der Waals surface area contributed by atoms with Crippen LogP contribution in [0.1, 0.15) is 26.3 Å². The lowest BCUT2D eigenvalue weighted by Gasteiger charge is -2.15. The first-order valence-electron chi connectivity index (χ1n) is 7.86. The fourth-order valence-corrected chi connectivity index (χ4v) is 2.16. The molecule has 2 rings (SSSR count). The van der Waals surface area contributed by atoms with Gasteiger partial charge in [0.15, 0.2) is 23.8 Å². The number of nitrogens with zero attached hydrogens (tertiary/aromatic N) is 1. The molecule has 0 bridgehead atoms. The SMILES string of the molecule is COc1cc(/C=C2\N=C(C(C)(C)C)OC2=O)cc(OC)c1OCC(N)=O. The second-order valence-corrected chi connectivity index (χ2v) is 6.60. The van der Waals surface area contributed by atoms with Crippen LogP contribution in [0.2, 0.25) is 0 Å². The summed E-state index contributed by atoms with van der Waals surface area (Å²) < 4.78 is 21.1. The van der Waals surface area contributed by atoms with E-state index in [9.17, 15) is 9.59 Å². The van der Waals surface area contributed by atoms with Crippen LogP contribution in [-0.4, -0.2) is 38.6 Å². The summed E-state index contributed by atoms with van der Waals surface area (Å²) in [7, 11) is 2.89. The monoisotopic (exact) mass is 362 g/mol. The lowest BCUT2D eigenvalue weighted by molar-refractivity contribution is -0.130. The van der Waals surface area contributed by atoms with Crippen molar-refractivity contribution in [3.8, 4) is 17.2 Å². The minimum Gasteiger partial charge on any atom is -0.493 e. The summed E-state index contributed by atoms with van der Waals surface area (Å²) in [5, 5.41) is 0. The van der Waals surface area contributed by atoms with Crippen LogP contribution >= 0.6 is 0 Å². The Hall–Kier alpha value is -3.03. The van der Waals surface area contributed by atoms with Gasteiger partial charge in [-0.05, 0) is 23.8 Å². The second-order valence-electron chi connectivity index (χ2n) is 6.60. The molecule has 26 heavy (non-hydrogen) atoms. The lowest BCUT2D eigenvalue weighted by Crippen LogP contribution is -2.21. The van der Waals surface area contributed by atoms with Gasteiger partial charge in [-0.2, -0.15) is 0 Å². The number of ether oxygens (including phenoxy) is 4. The third-order valence-corrected chi connectivity index (χ3v) is 3.41. The van der Waals surface area contributed by atoms with E-state index in [2.05, 4.69) is 4.99 Å². The van der Waals surface area contributed by atoms with Crippen LogP contribution in [0, 0.1) is 5.41 Å². The van der Waals surface area contributed by atoms with Crippen molar-refractivity contribution in [1.82, 2.24) is 0 Å². The van der Waals surface area contributed by atoms with E-state index in [-0.39, 0.29) is 23.5 Å². The normalized spacial score (nSPS) is 15.5. The van der Waals surface area contributed by atoms with Crippen LogP contribution in [0.4, 0.5) is 0 Å². The molecule has 0 fully saturated rings. The Kier molecular flexibility index (Phi) is 5.54. The van der Waals surface area contributed by atoms with E-state index in [1.165, 1.54) is 14.2 Å². The Morgan fingerprint density at radius 3 is 2.23 bits per heavy atom. The number of methoxy groups -OCH3 is 2. The lowest BCUT2D eigenvalue weighted by atomic mass is 9.97.